The molecule has 0 radical (unpaired) electrons. The van der Waals surface area contributed by atoms with E-state index in [9.17, 15) is 9.59 Å². The second-order valence-corrected chi connectivity index (χ2v) is 12.5. The second-order valence-electron chi connectivity index (χ2n) is 12.5. The first-order chi connectivity index (χ1) is 23.8. The zero-order chi connectivity index (χ0) is 34.8. The van der Waals surface area contributed by atoms with Crippen LogP contribution in [-0.4, -0.2) is 56.3 Å². The van der Waals surface area contributed by atoms with Gasteiger partial charge in [-0.05, 0) is 96.7 Å². The summed E-state index contributed by atoms with van der Waals surface area (Å²) in [7, 11) is 4.54. The van der Waals surface area contributed by atoms with E-state index in [2.05, 4.69) is 34.7 Å². The standard InChI is InChI=1S/C36H40N4O5.C3H6O/c1-22-8-6-9-24-20-38-13-12-25(24)21-45-34-11-7-10-30(39-34)29-16-26(14-22)27(15-23(29)2)19-33(41)40-35-31(37-3)17-28(36(42)44-5)18-32(35)43-4;1-2-4-3-1/h7,10-13,15-18,20,22,37H,6,8-9,14,19,21H2,1-5H3,(H,40,41);1-3H2. The maximum Gasteiger partial charge on any atom is 0.338 e. The highest BCUT2D eigenvalue weighted by atomic mass is 16.5. The van der Waals surface area contributed by atoms with Gasteiger partial charge in [0.25, 0.3) is 0 Å². The van der Waals surface area contributed by atoms with Crippen molar-refractivity contribution in [2.75, 3.05) is 45.1 Å². The first kappa shape index (κ1) is 35.3. The minimum atomic E-state index is -0.494. The number of aromatic nitrogens is 2. The van der Waals surface area contributed by atoms with E-state index < -0.39 is 5.97 Å². The molecule has 4 aromatic rings. The number of carbonyl (C=O) groups excluding carboxylic acids is 2. The van der Waals surface area contributed by atoms with E-state index >= 15 is 0 Å². The number of aryl methyl sites for hydroxylation is 2. The number of fused-ring (bicyclic) bond motifs is 6. The molecule has 1 unspecified atom stereocenters. The van der Waals surface area contributed by atoms with E-state index in [1.54, 1.807) is 19.2 Å². The molecule has 4 heterocycles. The van der Waals surface area contributed by atoms with E-state index in [1.807, 2.05) is 43.6 Å². The number of esters is 1. The van der Waals surface area contributed by atoms with Gasteiger partial charge in [-0.1, -0.05) is 25.5 Å². The zero-order valence-corrected chi connectivity index (χ0v) is 29.1. The molecule has 10 heteroatoms. The Morgan fingerprint density at radius 2 is 1.82 bits per heavy atom. The number of amides is 1. The number of anilines is 2. The molecule has 6 rings (SSSR count). The summed E-state index contributed by atoms with van der Waals surface area (Å²) in [5.74, 6) is 0.630. The molecule has 49 heavy (non-hydrogen) atoms. The Morgan fingerprint density at radius 3 is 2.53 bits per heavy atom. The minimum Gasteiger partial charge on any atom is -0.494 e. The van der Waals surface area contributed by atoms with Gasteiger partial charge < -0.3 is 29.6 Å². The van der Waals surface area contributed by atoms with Gasteiger partial charge in [-0.3, -0.25) is 9.78 Å². The quantitative estimate of drug-likeness (QED) is 0.210. The van der Waals surface area contributed by atoms with Crippen LogP contribution in [0.5, 0.6) is 11.6 Å². The van der Waals surface area contributed by atoms with Crippen molar-refractivity contribution in [1.29, 1.82) is 0 Å². The molecule has 1 fully saturated rings. The summed E-state index contributed by atoms with van der Waals surface area (Å²) >= 11 is 0. The van der Waals surface area contributed by atoms with Crippen molar-refractivity contribution in [2.24, 2.45) is 5.92 Å². The van der Waals surface area contributed by atoms with E-state index in [4.69, 9.17) is 23.9 Å². The molecule has 2 aromatic heterocycles. The predicted molar refractivity (Wildman–Crippen MR) is 190 cm³/mol. The van der Waals surface area contributed by atoms with Gasteiger partial charge in [-0.15, -0.1) is 0 Å². The van der Waals surface area contributed by atoms with Crippen LogP contribution in [0.3, 0.4) is 0 Å². The molecule has 1 amide bonds. The van der Waals surface area contributed by atoms with Crippen LogP contribution in [-0.2, 0) is 40.1 Å². The zero-order valence-electron chi connectivity index (χ0n) is 29.1. The Labute approximate surface area is 288 Å². The van der Waals surface area contributed by atoms with Crippen LogP contribution in [0.25, 0.3) is 11.3 Å². The fourth-order valence-electron chi connectivity index (χ4n) is 6.02. The van der Waals surface area contributed by atoms with E-state index in [-0.39, 0.29) is 12.3 Å². The largest absolute Gasteiger partial charge is 0.494 e. The number of rotatable bonds is 6. The average molecular weight is 667 g/mol. The third-order valence-electron chi connectivity index (χ3n) is 8.84. The van der Waals surface area contributed by atoms with Crippen molar-refractivity contribution < 1.29 is 28.5 Å². The maximum atomic E-state index is 13.6. The van der Waals surface area contributed by atoms with Crippen LogP contribution >= 0.6 is 0 Å². The highest BCUT2D eigenvalue weighted by Gasteiger charge is 2.20. The van der Waals surface area contributed by atoms with Gasteiger partial charge in [0.1, 0.15) is 18.0 Å². The Balaban J connectivity index is 0.00000109. The summed E-state index contributed by atoms with van der Waals surface area (Å²) in [5, 5.41) is 6.07. The molecule has 0 saturated carbocycles. The molecule has 10 nitrogen and oxygen atoms in total. The lowest BCUT2D eigenvalue weighted by Crippen LogP contribution is -2.18. The molecule has 4 bridgehead atoms. The van der Waals surface area contributed by atoms with E-state index in [0.29, 0.717) is 41.1 Å². The third-order valence-corrected chi connectivity index (χ3v) is 8.84. The lowest BCUT2D eigenvalue weighted by atomic mass is 9.88. The Bertz CT molecular complexity index is 1740. The maximum absolute atomic E-state index is 13.6. The fourth-order valence-corrected chi connectivity index (χ4v) is 6.02. The smallest absolute Gasteiger partial charge is 0.338 e. The number of hydrogen-bond donors (Lipinski definition) is 2. The summed E-state index contributed by atoms with van der Waals surface area (Å²) < 4.78 is 21.3. The predicted octanol–water partition coefficient (Wildman–Crippen LogP) is 6.97. The highest BCUT2D eigenvalue weighted by molar-refractivity contribution is 6.00. The summed E-state index contributed by atoms with van der Waals surface area (Å²) in [6, 6.07) is 15.3. The summed E-state index contributed by atoms with van der Waals surface area (Å²) in [6.45, 7) is 6.75. The lowest BCUT2D eigenvalue weighted by molar-refractivity contribution is -0.115. The van der Waals surface area contributed by atoms with Gasteiger partial charge in [0, 0.05) is 44.3 Å². The Hall–Kier alpha value is -4.96. The van der Waals surface area contributed by atoms with Crippen LogP contribution in [0.4, 0.5) is 11.4 Å². The van der Waals surface area contributed by atoms with Crippen LogP contribution in [0, 0.1) is 12.8 Å². The Morgan fingerprint density at radius 1 is 1.02 bits per heavy atom. The Kier molecular flexibility index (Phi) is 12.2. The highest BCUT2D eigenvalue weighted by Crippen LogP contribution is 2.35. The summed E-state index contributed by atoms with van der Waals surface area (Å²) in [6.07, 6.45) is 8.99. The van der Waals surface area contributed by atoms with Crippen molar-refractivity contribution in [3.8, 4) is 22.9 Å². The summed E-state index contributed by atoms with van der Waals surface area (Å²) in [4.78, 5) is 35.0. The van der Waals surface area contributed by atoms with Crippen LogP contribution < -0.4 is 20.1 Å². The molecule has 0 aliphatic carbocycles. The molecule has 0 spiro atoms. The van der Waals surface area contributed by atoms with Crippen molar-refractivity contribution in [3.05, 3.63) is 94.3 Å². The number of nitrogens with one attached hydrogen (secondary N) is 2. The molecule has 2 aromatic carbocycles. The first-order valence-corrected chi connectivity index (χ1v) is 16.8. The third kappa shape index (κ3) is 9.14. The van der Waals surface area contributed by atoms with Gasteiger partial charge in [0.2, 0.25) is 11.8 Å². The van der Waals surface area contributed by atoms with Crippen LogP contribution in [0.2, 0.25) is 0 Å². The number of carbonyl (C=O) groups is 2. The van der Waals surface area contributed by atoms with Crippen molar-refractivity contribution >= 4 is 23.3 Å². The second kappa shape index (κ2) is 16.9. The SMILES string of the molecule is C1COC1.CNc1cc(C(=O)OC)cc(OC)c1NC(=O)Cc1cc(C)c2cc1CC(C)CCCc1cnccc1COc1cccc-2n1. The number of hydrogen-bond acceptors (Lipinski definition) is 9. The van der Waals surface area contributed by atoms with Gasteiger partial charge >= 0.3 is 5.97 Å². The topological polar surface area (TPSA) is 121 Å². The van der Waals surface area contributed by atoms with Crippen molar-refractivity contribution in [1.82, 2.24) is 9.97 Å². The monoisotopic (exact) mass is 666 g/mol. The van der Waals surface area contributed by atoms with Crippen molar-refractivity contribution in [3.63, 3.8) is 0 Å². The molecular weight excluding hydrogens is 620 g/mol. The van der Waals surface area contributed by atoms with Gasteiger partial charge in [-0.2, -0.15) is 0 Å². The summed E-state index contributed by atoms with van der Waals surface area (Å²) in [5.41, 5.74) is 8.59. The van der Waals surface area contributed by atoms with Crippen LogP contribution in [0.15, 0.2) is 60.9 Å². The van der Waals surface area contributed by atoms with E-state index in [1.165, 1.54) is 26.2 Å². The van der Waals surface area contributed by atoms with Gasteiger partial charge in [-0.25, -0.2) is 9.78 Å². The molecule has 1 atom stereocenters. The first-order valence-electron chi connectivity index (χ1n) is 16.8. The molecule has 2 N–H and O–H groups in total. The molecule has 258 valence electrons. The minimum absolute atomic E-state index is 0.170. The fraction of sp³-hybridized carbons (Fsp3) is 0.385. The van der Waals surface area contributed by atoms with Gasteiger partial charge in [0.15, 0.2) is 0 Å². The van der Waals surface area contributed by atoms with Gasteiger partial charge in [0.05, 0.1) is 37.6 Å². The van der Waals surface area contributed by atoms with Crippen LogP contribution in [0.1, 0.15) is 64.4 Å². The van der Waals surface area contributed by atoms with Crippen molar-refractivity contribution in [2.45, 2.75) is 59.0 Å². The van der Waals surface area contributed by atoms with E-state index in [0.717, 1.165) is 72.4 Å². The number of nitrogens with zero attached hydrogens (tertiary/aromatic N) is 2. The number of ether oxygens (including phenoxy) is 4. The molecule has 2 aliphatic rings. The molecule has 1 saturated heterocycles. The molecule has 2 aliphatic heterocycles. The normalized spacial score (nSPS) is 15.3. The number of methoxy groups -OCH3 is 2. The lowest BCUT2D eigenvalue weighted by Gasteiger charge is -2.19. The number of benzene rings is 2. The average Bonchev–Trinajstić information content (AvgIpc) is 3.07. The number of pyridine rings is 2. The molecular formula is C39H46N4O6.